The van der Waals surface area contributed by atoms with Crippen LogP contribution in [-0.4, -0.2) is 54.0 Å². The van der Waals surface area contributed by atoms with Crippen molar-refractivity contribution in [2.75, 3.05) is 43.4 Å². The molecule has 6 nitrogen and oxygen atoms in total. The van der Waals surface area contributed by atoms with Gasteiger partial charge in [-0.1, -0.05) is 30.3 Å². The Kier molecular flexibility index (Phi) is 5.36. The molecule has 0 aliphatic carbocycles. The van der Waals surface area contributed by atoms with Crippen LogP contribution in [0.15, 0.2) is 48.7 Å². The van der Waals surface area contributed by atoms with E-state index in [1.54, 1.807) is 0 Å². The van der Waals surface area contributed by atoms with E-state index in [1.165, 1.54) is 11.3 Å². The average Bonchev–Trinajstić information content (AvgIpc) is 3.12. The monoisotopic (exact) mass is 393 g/mol. The Balaban J connectivity index is 1.49. The highest BCUT2D eigenvalue weighted by molar-refractivity contribution is 7.14. The summed E-state index contributed by atoms with van der Waals surface area (Å²) in [7, 11) is 2.14. The highest BCUT2D eigenvalue weighted by Gasteiger charge is 2.19. The summed E-state index contributed by atoms with van der Waals surface area (Å²) in [5.41, 5.74) is 2.75. The predicted molar refractivity (Wildman–Crippen MR) is 114 cm³/mol. The quantitative estimate of drug-likeness (QED) is 0.735. The number of hydrogen-bond acceptors (Lipinski definition) is 6. The van der Waals surface area contributed by atoms with E-state index in [0.29, 0.717) is 10.7 Å². The number of aryl methyl sites for hydroxylation is 1. The van der Waals surface area contributed by atoms with Crippen LogP contribution >= 0.6 is 11.3 Å². The Bertz CT molecular complexity index is 947. The van der Waals surface area contributed by atoms with Gasteiger partial charge >= 0.3 is 0 Å². The highest BCUT2D eigenvalue weighted by atomic mass is 32.1. The molecule has 0 radical (unpaired) electrons. The van der Waals surface area contributed by atoms with Gasteiger partial charge in [0.1, 0.15) is 10.7 Å². The van der Waals surface area contributed by atoms with Crippen molar-refractivity contribution in [3.05, 3.63) is 58.5 Å². The van der Waals surface area contributed by atoms with Crippen molar-refractivity contribution < 1.29 is 4.79 Å². The van der Waals surface area contributed by atoms with E-state index in [0.717, 1.165) is 48.1 Å². The molecular weight excluding hydrogens is 370 g/mol. The van der Waals surface area contributed by atoms with Gasteiger partial charge in [-0.3, -0.25) is 4.79 Å². The van der Waals surface area contributed by atoms with Crippen molar-refractivity contribution in [3.8, 4) is 11.3 Å². The maximum Gasteiger partial charge on any atom is 0.269 e. The molecule has 3 heterocycles. The molecule has 0 saturated carbocycles. The molecular formula is C21H23N5OS. The number of rotatable bonds is 4. The zero-order valence-electron chi connectivity index (χ0n) is 16.1. The number of nitrogens with one attached hydrogen (secondary N) is 1. The molecule has 1 aliphatic rings. The van der Waals surface area contributed by atoms with Gasteiger partial charge in [0, 0.05) is 31.7 Å². The number of pyridine rings is 1. The van der Waals surface area contributed by atoms with Crippen LogP contribution in [0, 0.1) is 6.92 Å². The third kappa shape index (κ3) is 4.05. The standard InChI is InChI=1S/C21H23N5OS/c1-15-23-19(16-6-4-3-5-7-16)20(28-15)21(27)24-18-9-8-17(14-22-18)26-12-10-25(2)11-13-26/h3-9,14H,10-13H2,1-2H3,(H,22,24,27). The first kappa shape index (κ1) is 18.6. The number of likely N-dealkylation sites (N-methyl/N-ethyl adjacent to an activating group) is 1. The van der Waals surface area contributed by atoms with Gasteiger partial charge in [0.15, 0.2) is 0 Å². The van der Waals surface area contributed by atoms with E-state index in [1.807, 2.05) is 55.6 Å². The number of anilines is 2. The van der Waals surface area contributed by atoms with Gasteiger partial charge in [-0.2, -0.15) is 0 Å². The summed E-state index contributed by atoms with van der Waals surface area (Å²) in [6, 6.07) is 13.7. The van der Waals surface area contributed by atoms with Gasteiger partial charge in [-0.05, 0) is 26.1 Å². The highest BCUT2D eigenvalue weighted by Crippen LogP contribution is 2.28. The molecule has 0 unspecified atom stereocenters. The fraction of sp³-hybridized carbons (Fsp3) is 0.286. The first-order valence-electron chi connectivity index (χ1n) is 9.34. The normalized spacial score (nSPS) is 14.9. The minimum absolute atomic E-state index is 0.177. The summed E-state index contributed by atoms with van der Waals surface area (Å²) in [5.74, 6) is 0.372. The van der Waals surface area contributed by atoms with E-state index in [9.17, 15) is 4.79 Å². The SMILES string of the molecule is Cc1nc(-c2ccccc2)c(C(=O)Nc2ccc(N3CCN(C)CC3)cn2)s1. The van der Waals surface area contributed by atoms with Crippen LogP contribution in [0.25, 0.3) is 11.3 Å². The van der Waals surface area contributed by atoms with Gasteiger partial charge < -0.3 is 15.1 Å². The Morgan fingerprint density at radius 1 is 1.07 bits per heavy atom. The summed E-state index contributed by atoms with van der Waals surface area (Å²) in [4.78, 5) is 27.1. The number of carbonyl (C=O) groups is 1. The Labute approximate surface area is 168 Å². The lowest BCUT2D eigenvalue weighted by molar-refractivity contribution is 0.103. The molecule has 4 rings (SSSR count). The van der Waals surface area contributed by atoms with Crippen molar-refractivity contribution in [1.29, 1.82) is 0 Å². The largest absolute Gasteiger partial charge is 0.368 e. The molecule has 28 heavy (non-hydrogen) atoms. The maximum atomic E-state index is 12.8. The first-order valence-corrected chi connectivity index (χ1v) is 10.2. The number of piperazine rings is 1. The van der Waals surface area contributed by atoms with Crippen LogP contribution in [0.4, 0.5) is 11.5 Å². The Morgan fingerprint density at radius 2 is 1.82 bits per heavy atom. The second-order valence-electron chi connectivity index (χ2n) is 6.92. The Hall–Kier alpha value is -2.77. The van der Waals surface area contributed by atoms with Crippen molar-refractivity contribution in [3.63, 3.8) is 0 Å². The van der Waals surface area contributed by atoms with E-state index >= 15 is 0 Å². The van der Waals surface area contributed by atoms with E-state index in [-0.39, 0.29) is 5.91 Å². The van der Waals surface area contributed by atoms with Crippen molar-refractivity contribution >= 4 is 28.7 Å². The fourth-order valence-corrected chi connectivity index (χ4v) is 4.09. The molecule has 2 aromatic heterocycles. The second-order valence-corrected chi connectivity index (χ2v) is 8.13. The van der Waals surface area contributed by atoms with Gasteiger partial charge in [-0.25, -0.2) is 9.97 Å². The number of aromatic nitrogens is 2. The lowest BCUT2D eigenvalue weighted by Gasteiger charge is -2.33. The number of benzene rings is 1. The molecule has 0 bridgehead atoms. The molecule has 1 aliphatic heterocycles. The minimum Gasteiger partial charge on any atom is -0.368 e. The summed E-state index contributed by atoms with van der Waals surface area (Å²) in [6.45, 7) is 5.99. The smallest absolute Gasteiger partial charge is 0.269 e. The van der Waals surface area contributed by atoms with Crippen LogP contribution in [0.2, 0.25) is 0 Å². The molecule has 1 fully saturated rings. The molecule has 144 valence electrons. The van der Waals surface area contributed by atoms with E-state index < -0.39 is 0 Å². The van der Waals surface area contributed by atoms with Crippen LogP contribution in [0.3, 0.4) is 0 Å². The molecule has 7 heteroatoms. The summed E-state index contributed by atoms with van der Waals surface area (Å²) < 4.78 is 0. The lowest BCUT2D eigenvalue weighted by atomic mass is 10.1. The zero-order chi connectivity index (χ0) is 19.5. The molecule has 3 aromatic rings. The van der Waals surface area contributed by atoms with Crippen LogP contribution in [0.1, 0.15) is 14.7 Å². The number of carbonyl (C=O) groups excluding carboxylic acids is 1. The van der Waals surface area contributed by atoms with Crippen molar-refractivity contribution in [2.45, 2.75) is 6.92 Å². The summed E-state index contributed by atoms with van der Waals surface area (Å²) in [5, 5.41) is 3.78. The van der Waals surface area contributed by atoms with Crippen LogP contribution < -0.4 is 10.2 Å². The molecule has 0 spiro atoms. The molecule has 1 amide bonds. The van der Waals surface area contributed by atoms with Gasteiger partial charge in [0.25, 0.3) is 5.91 Å². The maximum absolute atomic E-state index is 12.8. The average molecular weight is 394 g/mol. The molecule has 1 aromatic carbocycles. The number of amides is 1. The Morgan fingerprint density at radius 3 is 2.50 bits per heavy atom. The number of thiazole rings is 1. The van der Waals surface area contributed by atoms with Gasteiger partial charge in [-0.15, -0.1) is 11.3 Å². The summed E-state index contributed by atoms with van der Waals surface area (Å²) >= 11 is 1.40. The van der Waals surface area contributed by atoms with Crippen LogP contribution in [0.5, 0.6) is 0 Å². The van der Waals surface area contributed by atoms with E-state index in [4.69, 9.17) is 0 Å². The van der Waals surface area contributed by atoms with Gasteiger partial charge in [0.2, 0.25) is 0 Å². The van der Waals surface area contributed by atoms with Crippen LogP contribution in [-0.2, 0) is 0 Å². The van der Waals surface area contributed by atoms with Crippen molar-refractivity contribution in [2.24, 2.45) is 0 Å². The molecule has 1 N–H and O–H groups in total. The van der Waals surface area contributed by atoms with Gasteiger partial charge in [0.05, 0.1) is 22.6 Å². The first-order chi connectivity index (χ1) is 13.6. The fourth-order valence-electron chi connectivity index (χ4n) is 3.26. The number of hydrogen-bond donors (Lipinski definition) is 1. The minimum atomic E-state index is -0.177. The third-order valence-corrected chi connectivity index (χ3v) is 5.82. The lowest BCUT2D eigenvalue weighted by Crippen LogP contribution is -2.44. The molecule has 0 atom stereocenters. The van der Waals surface area contributed by atoms with Crippen molar-refractivity contribution in [1.82, 2.24) is 14.9 Å². The third-order valence-electron chi connectivity index (χ3n) is 4.85. The van der Waals surface area contributed by atoms with E-state index in [2.05, 4.69) is 32.1 Å². The second kappa shape index (κ2) is 8.08. The topological polar surface area (TPSA) is 61.4 Å². The molecule has 1 saturated heterocycles. The summed E-state index contributed by atoms with van der Waals surface area (Å²) in [6.07, 6.45) is 1.83. The number of nitrogens with zero attached hydrogens (tertiary/aromatic N) is 4. The zero-order valence-corrected chi connectivity index (χ0v) is 16.9. The predicted octanol–water partition coefficient (Wildman–Crippen LogP) is 3.52.